The summed E-state index contributed by atoms with van der Waals surface area (Å²) in [7, 11) is 0. The van der Waals surface area contributed by atoms with Crippen LogP contribution in [0.25, 0.3) is 0 Å². The standard InChI is InChI=1S/C8H10N4O4/c1-3(2)4-5(13)11(7(9)15)12(6(4)14)8(10)16/h1-2H3,(H2,9,15)(H2,10,16). The molecule has 1 saturated heterocycles. The van der Waals surface area contributed by atoms with Crippen LogP contribution in [0.4, 0.5) is 9.59 Å². The van der Waals surface area contributed by atoms with Crippen LogP contribution in [0, 0.1) is 0 Å². The summed E-state index contributed by atoms with van der Waals surface area (Å²) in [6.45, 7) is 2.99. The number of nitrogens with zero attached hydrogens (tertiary/aromatic N) is 2. The molecule has 8 nitrogen and oxygen atoms in total. The molecule has 1 fully saturated rings. The Morgan fingerprint density at radius 1 is 0.938 bits per heavy atom. The first kappa shape index (κ1) is 11.7. The summed E-state index contributed by atoms with van der Waals surface area (Å²) >= 11 is 0. The molecule has 16 heavy (non-hydrogen) atoms. The van der Waals surface area contributed by atoms with Gasteiger partial charge in [0.05, 0.1) is 0 Å². The topological polar surface area (TPSA) is 127 Å². The van der Waals surface area contributed by atoms with Crippen molar-refractivity contribution in [3.8, 4) is 0 Å². The van der Waals surface area contributed by atoms with Gasteiger partial charge in [0.2, 0.25) is 0 Å². The van der Waals surface area contributed by atoms with E-state index in [2.05, 4.69) is 0 Å². The number of hydrogen-bond donors (Lipinski definition) is 2. The highest BCUT2D eigenvalue weighted by Crippen LogP contribution is 2.21. The van der Waals surface area contributed by atoms with Gasteiger partial charge in [0.25, 0.3) is 11.8 Å². The molecule has 0 bridgehead atoms. The number of nitrogens with two attached hydrogens (primary N) is 2. The molecule has 0 atom stereocenters. The molecule has 0 aliphatic carbocycles. The van der Waals surface area contributed by atoms with Crippen molar-refractivity contribution in [2.24, 2.45) is 11.5 Å². The molecule has 0 saturated carbocycles. The van der Waals surface area contributed by atoms with Gasteiger partial charge in [-0.15, -0.1) is 0 Å². The number of amides is 6. The number of allylic oxidation sites excluding steroid dienone is 1. The van der Waals surface area contributed by atoms with Crippen molar-refractivity contribution < 1.29 is 19.2 Å². The van der Waals surface area contributed by atoms with Gasteiger partial charge in [-0.2, -0.15) is 10.0 Å². The molecule has 1 aliphatic heterocycles. The first-order chi connectivity index (χ1) is 7.29. The van der Waals surface area contributed by atoms with Crippen molar-refractivity contribution >= 4 is 23.9 Å². The van der Waals surface area contributed by atoms with Crippen LogP contribution in [0.3, 0.4) is 0 Å². The first-order valence-electron chi connectivity index (χ1n) is 4.24. The van der Waals surface area contributed by atoms with Crippen LogP contribution in [0.15, 0.2) is 11.1 Å². The summed E-state index contributed by atoms with van der Waals surface area (Å²) < 4.78 is 0. The summed E-state index contributed by atoms with van der Waals surface area (Å²) in [4.78, 5) is 45.1. The number of carbonyl (C=O) groups excluding carboxylic acids is 4. The average molecular weight is 226 g/mol. The zero-order chi connectivity index (χ0) is 12.6. The number of imide groups is 2. The maximum absolute atomic E-state index is 11.6. The van der Waals surface area contributed by atoms with E-state index >= 15 is 0 Å². The number of rotatable bonds is 0. The third kappa shape index (κ3) is 1.49. The summed E-state index contributed by atoms with van der Waals surface area (Å²) in [5.74, 6) is -1.90. The van der Waals surface area contributed by atoms with Crippen LogP contribution in [0.5, 0.6) is 0 Å². The summed E-state index contributed by atoms with van der Waals surface area (Å²) in [6, 6.07) is -2.48. The zero-order valence-corrected chi connectivity index (χ0v) is 8.68. The van der Waals surface area contributed by atoms with Gasteiger partial charge >= 0.3 is 12.1 Å². The van der Waals surface area contributed by atoms with Crippen LogP contribution in [0.1, 0.15) is 13.8 Å². The molecule has 0 aromatic carbocycles. The first-order valence-corrected chi connectivity index (χ1v) is 4.24. The lowest BCUT2D eigenvalue weighted by Crippen LogP contribution is -2.52. The SMILES string of the molecule is CC(C)=C1C(=O)N(C(N)=O)N(C(N)=O)C1=O. The van der Waals surface area contributed by atoms with Crippen molar-refractivity contribution in [3.63, 3.8) is 0 Å². The van der Waals surface area contributed by atoms with Gasteiger partial charge in [-0.3, -0.25) is 9.59 Å². The molecule has 0 aromatic heterocycles. The van der Waals surface area contributed by atoms with Gasteiger partial charge < -0.3 is 11.5 Å². The maximum atomic E-state index is 11.6. The third-order valence-corrected chi connectivity index (χ3v) is 1.93. The second-order valence-corrected chi connectivity index (χ2v) is 3.29. The fourth-order valence-electron chi connectivity index (χ4n) is 1.31. The molecule has 6 amide bonds. The van der Waals surface area contributed by atoms with Crippen molar-refractivity contribution in [1.82, 2.24) is 10.0 Å². The molecule has 0 aromatic rings. The highest BCUT2D eigenvalue weighted by molar-refractivity contribution is 6.29. The highest BCUT2D eigenvalue weighted by Gasteiger charge is 2.47. The summed E-state index contributed by atoms with van der Waals surface area (Å²) in [6.07, 6.45) is 0. The molecule has 86 valence electrons. The highest BCUT2D eigenvalue weighted by atomic mass is 16.2. The normalized spacial score (nSPS) is 15.8. The van der Waals surface area contributed by atoms with Gasteiger partial charge in [-0.25, -0.2) is 9.59 Å². The zero-order valence-electron chi connectivity index (χ0n) is 8.68. The fraction of sp³-hybridized carbons (Fsp3) is 0.250. The molecular weight excluding hydrogens is 216 g/mol. The summed E-state index contributed by atoms with van der Waals surface area (Å²) in [5, 5.41) is 0.431. The smallest absolute Gasteiger partial charge is 0.341 e. The molecule has 0 radical (unpaired) electrons. The van der Waals surface area contributed by atoms with E-state index < -0.39 is 23.9 Å². The molecule has 4 N–H and O–H groups in total. The Labute approximate surface area is 90.4 Å². The lowest BCUT2D eigenvalue weighted by Gasteiger charge is -2.18. The average Bonchev–Trinajstić information content (AvgIpc) is 2.36. The van der Waals surface area contributed by atoms with Gasteiger partial charge in [0.15, 0.2) is 0 Å². The van der Waals surface area contributed by atoms with Crippen molar-refractivity contribution in [3.05, 3.63) is 11.1 Å². The van der Waals surface area contributed by atoms with Crippen molar-refractivity contribution in [2.75, 3.05) is 0 Å². The van der Waals surface area contributed by atoms with Crippen LogP contribution in [-0.2, 0) is 9.59 Å². The fourth-order valence-corrected chi connectivity index (χ4v) is 1.31. The van der Waals surface area contributed by atoms with Crippen LogP contribution >= 0.6 is 0 Å². The second kappa shape index (κ2) is 3.65. The Morgan fingerprint density at radius 3 is 1.44 bits per heavy atom. The molecule has 0 unspecified atom stereocenters. The van der Waals surface area contributed by atoms with Crippen molar-refractivity contribution in [2.45, 2.75) is 13.8 Å². The van der Waals surface area contributed by atoms with E-state index in [0.717, 1.165) is 0 Å². The number of hydrogen-bond acceptors (Lipinski definition) is 4. The number of urea groups is 2. The Balaban J connectivity index is 3.37. The minimum atomic E-state index is -1.24. The third-order valence-electron chi connectivity index (χ3n) is 1.93. The Morgan fingerprint density at radius 2 is 1.25 bits per heavy atom. The van der Waals surface area contributed by atoms with Crippen LogP contribution < -0.4 is 11.5 Å². The minimum absolute atomic E-state index is 0.215. The minimum Gasteiger partial charge on any atom is -0.350 e. The van der Waals surface area contributed by atoms with E-state index in [0.29, 0.717) is 5.57 Å². The molecule has 1 aliphatic rings. The quantitative estimate of drug-likeness (QED) is 0.408. The second-order valence-electron chi connectivity index (χ2n) is 3.29. The van der Waals surface area contributed by atoms with Gasteiger partial charge in [-0.05, 0) is 13.8 Å². The van der Waals surface area contributed by atoms with E-state index in [1.165, 1.54) is 13.8 Å². The number of primary amides is 2. The lowest BCUT2D eigenvalue weighted by atomic mass is 10.1. The van der Waals surface area contributed by atoms with Gasteiger partial charge in [0.1, 0.15) is 5.57 Å². The molecule has 1 heterocycles. The number of hydrazine groups is 1. The lowest BCUT2D eigenvalue weighted by molar-refractivity contribution is -0.135. The largest absolute Gasteiger partial charge is 0.350 e. The van der Waals surface area contributed by atoms with Crippen molar-refractivity contribution in [1.29, 1.82) is 0 Å². The Kier molecular flexibility index (Phi) is 2.66. The molecule has 0 spiro atoms. The Bertz CT molecular complexity index is 401. The Hall–Kier alpha value is -2.38. The predicted molar refractivity (Wildman–Crippen MR) is 51.2 cm³/mol. The summed E-state index contributed by atoms with van der Waals surface area (Å²) in [5.41, 5.74) is 9.85. The molecular formula is C8H10N4O4. The van der Waals surface area contributed by atoms with Gasteiger partial charge in [0, 0.05) is 0 Å². The molecule has 1 rings (SSSR count). The molecule has 8 heteroatoms. The monoisotopic (exact) mass is 226 g/mol. The maximum Gasteiger partial charge on any atom is 0.341 e. The van der Waals surface area contributed by atoms with Gasteiger partial charge in [-0.1, -0.05) is 5.57 Å². The van der Waals surface area contributed by atoms with E-state index in [-0.39, 0.29) is 15.6 Å². The van der Waals surface area contributed by atoms with E-state index in [1.54, 1.807) is 0 Å². The number of carbonyl (C=O) groups is 4. The van der Waals surface area contributed by atoms with Crippen LogP contribution in [-0.4, -0.2) is 33.9 Å². The predicted octanol–water partition coefficient (Wildman–Crippen LogP) is -0.934. The van der Waals surface area contributed by atoms with E-state index in [9.17, 15) is 19.2 Å². The van der Waals surface area contributed by atoms with Crippen LogP contribution in [0.2, 0.25) is 0 Å². The van der Waals surface area contributed by atoms with E-state index in [4.69, 9.17) is 11.5 Å². The van der Waals surface area contributed by atoms with E-state index in [1.807, 2.05) is 0 Å².